The van der Waals surface area contributed by atoms with Crippen molar-refractivity contribution in [2.45, 2.75) is 17.4 Å². The van der Waals surface area contributed by atoms with Crippen LogP contribution in [0.25, 0.3) is 0 Å². The van der Waals surface area contributed by atoms with Crippen LogP contribution in [-0.2, 0) is 19.1 Å². The molecule has 2 aromatic rings. The second kappa shape index (κ2) is 5.08. The molecule has 0 spiro atoms. The number of para-hydroxylation sites is 1. The molecule has 2 aliphatic rings. The van der Waals surface area contributed by atoms with Gasteiger partial charge in [-0.2, -0.15) is 8.42 Å². The Kier molecular flexibility index (Phi) is 3.18. The number of hydroxylamine groups is 1. The van der Waals surface area contributed by atoms with E-state index in [0.29, 0.717) is 0 Å². The first-order valence-corrected chi connectivity index (χ1v) is 8.58. The highest BCUT2D eigenvalue weighted by molar-refractivity contribution is 7.87. The molecule has 0 aromatic heterocycles. The third-order valence-electron chi connectivity index (χ3n) is 4.06. The summed E-state index contributed by atoms with van der Waals surface area (Å²) < 4.78 is 29.5. The van der Waals surface area contributed by atoms with Crippen molar-refractivity contribution in [2.24, 2.45) is 0 Å². The Morgan fingerprint density at radius 3 is 2.27 bits per heavy atom. The minimum Gasteiger partial charge on any atom is -0.267 e. The van der Waals surface area contributed by atoms with Crippen LogP contribution in [0.15, 0.2) is 60.7 Å². The highest BCUT2D eigenvalue weighted by Gasteiger charge is 2.56. The van der Waals surface area contributed by atoms with Crippen LogP contribution in [0.1, 0.15) is 11.6 Å². The molecule has 2 aromatic carbocycles. The van der Waals surface area contributed by atoms with E-state index in [9.17, 15) is 8.42 Å². The molecule has 114 valence electrons. The van der Waals surface area contributed by atoms with E-state index in [4.69, 9.17) is 9.02 Å². The Balaban J connectivity index is 1.83. The van der Waals surface area contributed by atoms with Gasteiger partial charge in [-0.05, 0) is 17.7 Å². The molecule has 4 rings (SSSR count). The van der Waals surface area contributed by atoms with Crippen molar-refractivity contribution in [1.29, 1.82) is 0 Å². The van der Waals surface area contributed by atoms with E-state index in [1.807, 2.05) is 60.7 Å². The molecule has 0 bridgehead atoms. The van der Waals surface area contributed by atoms with Crippen LogP contribution in [0.2, 0.25) is 0 Å². The predicted molar refractivity (Wildman–Crippen MR) is 81.6 cm³/mol. The number of rotatable bonds is 2. The van der Waals surface area contributed by atoms with E-state index in [1.165, 1.54) is 0 Å². The fourth-order valence-corrected chi connectivity index (χ4v) is 4.65. The van der Waals surface area contributed by atoms with E-state index >= 15 is 0 Å². The van der Waals surface area contributed by atoms with Gasteiger partial charge >= 0.3 is 0 Å². The van der Waals surface area contributed by atoms with Gasteiger partial charge in [0.15, 0.2) is 0 Å². The van der Waals surface area contributed by atoms with E-state index in [0.717, 1.165) is 11.3 Å². The van der Waals surface area contributed by atoms with Crippen LogP contribution < -0.4 is 5.06 Å². The van der Waals surface area contributed by atoms with Crippen LogP contribution in [0.4, 0.5) is 5.69 Å². The molecule has 0 N–H and O–H groups in total. The predicted octanol–water partition coefficient (Wildman–Crippen LogP) is 2.28. The topological polar surface area (TPSA) is 55.8 Å². The van der Waals surface area contributed by atoms with Crippen molar-refractivity contribution < 1.29 is 17.4 Å². The van der Waals surface area contributed by atoms with Crippen LogP contribution in [0.5, 0.6) is 0 Å². The van der Waals surface area contributed by atoms with Crippen molar-refractivity contribution in [3.8, 4) is 0 Å². The molecule has 0 aliphatic carbocycles. The van der Waals surface area contributed by atoms with Gasteiger partial charge < -0.3 is 0 Å². The molecule has 3 atom stereocenters. The van der Waals surface area contributed by atoms with Crippen molar-refractivity contribution in [3.05, 3.63) is 66.2 Å². The molecule has 0 amide bonds. The first-order valence-electron chi connectivity index (χ1n) is 7.11. The third kappa shape index (κ3) is 2.11. The Hall–Kier alpha value is -1.89. The SMILES string of the molecule is O=S1(=O)OC[C@H]2ON(c3ccccc3)[C@@H](c3ccccc3)[C@H]21. The van der Waals surface area contributed by atoms with Crippen LogP contribution in [0, 0.1) is 0 Å². The van der Waals surface area contributed by atoms with Crippen molar-refractivity contribution in [2.75, 3.05) is 11.7 Å². The van der Waals surface area contributed by atoms with Crippen LogP contribution in [0.3, 0.4) is 0 Å². The molecule has 22 heavy (non-hydrogen) atoms. The molecule has 2 aliphatic heterocycles. The van der Waals surface area contributed by atoms with Gasteiger partial charge in [-0.25, -0.2) is 5.06 Å². The van der Waals surface area contributed by atoms with Crippen molar-refractivity contribution in [3.63, 3.8) is 0 Å². The summed E-state index contributed by atoms with van der Waals surface area (Å²) in [5.41, 5.74) is 1.73. The standard InChI is InChI=1S/C16H15NO4S/c18-22(19)16-14(11-20-22)21-17(13-9-5-2-6-10-13)15(16)12-7-3-1-4-8-12/h1-10,14-16H,11H2/t14-,15+,16+/m1/s1. The summed E-state index contributed by atoms with van der Waals surface area (Å²) in [6, 6.07) is 18.7. The molecule has 0 radical (unpaired) electrons. The first-order chi connectivity index (χ1) is 10.7. The molecular weight excluding hydrogens is 302 g/mol. The van der Waals surface area contributed by atoms with E-state index in [1.54, 1.807) is 5.06 Å². The largest absolute Gasteiger partial charge is 0.275 e. The van der Waals surface area contributed by atoms with E-state index in [-0.39, 0.29) is 6.61 Å². The van der Waals surface area contributed by atoms with Crippen LogP contribution >= 0.6 is 0 Å². The molecule has 6 heteroatoms. The number of fused-ring (bicyclic) bond motifs is 1. The van der Waals surface area contributed by atoms with Gasteiger partial charge in [0.25, 0.3) is 10.1 Å². The number of hydrogen-bond donors (Lipinski definition) is 0. The second-order valence-corrected chi connectivity index (χ2v) is 7.17. The van der Waals surface area contributed by atoms with E-state index < -0.39 is 27.5 Å². The zero-order valence-electron chi connectivity index (χ0n) is 11.7. The molecule has 0 unspecified atom stereocenters. The molecule has 2 fully saturated rings. The van der Waals surface area contributed by atoms with Crippen molar-refractivity contribution >= 4 is 15.8 Å². The number of nitrogens with zero attached hydrogens (tertiary/aromatic N) is 1. The van der Waals surface area contributed by atoms with Gasteiger partial charge in [0.05, 0.1) is 12.3 Å². The lowest BCUT2D eigenvalue weighted by Gasteiger charge is -2.27. The van der Waals surface area contributed by atoms with Gasteiger partial charge in [-0.1, -0.05) is 48.5 Å². The lowest BCUT2D eigenvalue weighted by atomic mass is 10.0. The lowest BCUT2D eigenvalue weighted by Crippen LogP contribution is -2.31. The minimum absolute atomic E-state index is 0.0691. The number of hydrogen-bond acceptors (Lipinski definition) is 5. The summed E-state index contributed by atoms with van der Waals surface area (Å²) >= 11 is 0. The average Bonchev–Trinajstić information content (AvgIpc) is 3.07. The minimum atomic E-state index is -3.63. The normalized spacial score (nSPS) is 29.5. The molecule has 5 nitrogen and oxygen atoms in total. The summed E-state index contributed by atoms with van der Waals surface area (Å²) in [6.45, 7) is 0.0691. The van der Waals surface area contributed by atoms with E-state index in [2.05, 4.69) is 0 Å². The third-order valence-corrected chi connectivity index (χ3v) is 5.75. The summed E-state index contributed by atoms with van der Waals surface area (Å²) in [4.78, 5) is 5.90. The average molecular weight is 317 g/mol. The summed E-state index contributed by atoms with van der Waals surface area (Å²) in [6.07, 6.45) is -0.476. The first kappa shape index (κ1) is 13.8. The fourth-order valence-electron chi connectivity index (χ4n) is 3.09. The van der Waals surface area contributed by atoms with Crippen LogP contribution in [-0.4, -0.2) is 26.4 Å². The second-order valence-electron chi connectivity index (χ2n) is 5.40. The number of benzene rings is 2. The maximum atomic E-state index is 12.3. The van der Waals surface area contributed by atoms with Gasteiger partial charge in [-0.3, -0.25) is 9.02 Å². The monoisotopic (exact) mass is 317 g/mol. The Labute approximate surface area is 129 Å². The quantitative estimate of drug-likeness (QED) is 0.795. The van der Waals surface area contributed by atoms with Gasteiger partial charge in [-0.15, -0.1) is 0 Å². The molecule has 2 saturated heterocycles. The molecule has 2 heterocycles. The Bertz CT molecular complexity index is 763. The molecular formula is C16H15NO4S. The maximum absolute atomic E-state index is 12.3. The fraction of sp³-hybridized carbons (Fsp3) is 0.250. The highest BCUT2D eigenvalue weighted by Crippen LogP contribution is 2.44. The Morgan fingerprint density at radius 1 is 0.955 bits per heavy atom. The van der Waals surface area contributed by atoms with Gasteiger partial charge in [0, 0.05) is 0 Å². The summed E-state index contributed by atoms with van der Waals surface area (Å²) in [5, 5.41) is 0.986. The summed E-state index contributed by atoms with van der Waals surface area (Å²) in [7, 11) is -3.63. The summed E-state index contributed by atoms with van der Waals surface area (Å²) in [5.74, 6) is 0. The highest BCUT2D eigenvalue weighted by atomic mass is 32.2. The Morgan fingerprint density at radius 2 is 1.59 bits per heavy atom. The lowest BCUT2D eigenvalue weighted by molar-refractivity contribution is 0.0640. The smallest absolute Gasteiger partial charge is 0.267 e. The maximum Gasteiger partial charge on any atom is 0.275 e. The van der Waals surface area contributed by atoms with Gasteiger partial charge in [0.2, 0.25) is 0 Å². The van der Waals surface area contributed by atoms with Crippen molar-refractivity contribution in [1.82, 2.24) is 0 Å². The zero-order valence-corrected chi connectivity index (χ0v) is 12.5. The molecule has 0 saturated carbocycles. The zero-order chi connectivity index (χ0) is 15.2. The number of anilines is 1. The van der Waals surface area contributed by atoms with Gasteiger partial charge in [0.1, 0.15) is 17.4 Å².